The lowest BCUT2D eigenvalue weighted by Crippen LogP contribution is -2.16. The average molecular weight is 502 g/mol. The third-order valence-electron chi connectivity index (χ3n) is 5.11. The van der Waals surface area contributed by atoms with Crippen molar-refractivity contribution in [1.29, 1.82) is 0 Å². The van der Waals surface area contributed by atoms with Crippen LogP contribution in [0, 0.1) is 34.1 Å². The van der Waals surface area contributed by atoms with E-state index in [2.05, 4.69) is 10.6 Å². The maximum absolute atomic E-state index is 13.5. The molecule has 2 N–H and O–H groups in total. The van der Waals surface area contributed by atoms with Crippen molar-refractivity contribution in [1.82, 2.24) is 0 Å². The summed E-state index contributed by atoms with van der Waals surface area (Å²) in [5.41, 5.74) is -2.32. The lowest BCUT2D eigenvalue weighted by Gasteiger charge is -2.14. The topological polar surface area (TPSA) is 144 Å². The SMILES string of the molecule is Cc1ccc(C(=O)Nc2cc(NC(=O)c3ccc(C)c([N+](=O)[O-])c3)cc(C(F)(F)F)c2)cc1[N+](=O)[O-]. The molecular formula is C23H17F3N4O6. The van der Waals surface area contributed by atoms with Gasteiger partial charge in [0.2, 0.25) is 0 Å². The second-order valence-corrected chi connectivity index (χ2v) is 7.72. The van der Waals surface area contributed by atoms with Crippen LogP contribution in [0.1, 0.15) is 37.4 Å². The number of alkyl halides is 3. The predicted molar refractivity (Wildman–Crippen MR) is 123 cm³/mol. The Morgan fingerprint density at radius 1 is 0.722 bits per heavy atom. The molecule has 0 aliphatic carbocycles. The van der Waals surface area contributed by atoms with Crippen LogP contribution in [0.25, 0.3) is 0 Å². The zero-order valence-electron chi connectivity index (χ0n) is 18.7. The van der Waals surface area contributed by atoms with E-state index < -0.39 is 33.4 Å². The van der Waals surface area contributed by atoms with Gasteiger partial charge < -0.3 is 10.6 Å². The Hall–Kier alpha value is -4.81. The number of nitro benzene ring substituents is 2. The van der Waals surface area contributed by atoms with Crippen molar-refractivity contribution in [3.05, 3.63) is 103 Å². The van der Waals surface area contributed by atoms with Gasteiger partial charge >= 0.3 is 6.18 Å². The zero-order chi connectivity index (χ0) is 26.8. The number of rotatable bonds is 6. The predicted octanol–water partition coefficient (Wildman–Crippen LogP) is 5.64. The van der Waals surface area contributed by atoms with Gasteiger partial charge in [0.15, 0.2) is 0 Å². The standard InChI is InChI=1S/C23H17F3N4O6/c1-12-3-5-14(7-19(12)29(33)34)21(31)27-17-9-16(23(24,25)26)10-18(11-17)28-22(32)15-6-4-13(2)20(8-15)30(35)36/h3-11H,1-2H3,(H,27,31)(H,28,32). The molecule has 3 aromatic rings. The third-order valence-corrected chi connectivity index (χ3v) is 5.11. The Kier molecular flexibility index (Phi) is 7.04. The van der Waals surface area contributed by atoms with Crippen LogP contribution in [-0.4, -0.2) is 21.7 Å². The lowest BCUT2D eigenvalue weighted by molar-refractivity contribution is -0.385. The molecule has 0 atom stereocenters. The fraction of sp³-hybridized carbons (Fsp3) is 0.130. The molecule has 0 bridgehead atoms. The van der Waals surface area contributed by atoms with Gasteiger partial charge in [-0.25, -0.2) is 0 Å². The number of anilines is 2. The van der Waals surface area contributed by atoms with Crippen LogP contribution in [-0.2, 0) is 6.18 Å². The van der Waals surface area contributed by atoms with Gasteiger partial charge in [-0.3, -0.25) is 29.8 Å². The molecule has 186 valence electrons. The molecule has 10 nitrogen and oxygen atoms in total. The molecule has 0 heterocycles. The number of amides is 2. The van der Waals surface area contributed by atoms with Crippen LogP contribution in [0.5, 0.6) is 0 Å². The summed E-state index contributed by atoms with van der Waals surface area (Å²) in [4.78, 5) is 46.0. The molecular weight excluding hydrogens is 485 g/mol. The van der Waals surface area contributed by atoms with Gasteiger partial charge in [-0.05, 0) is 44.2 Å². The first kappa shape index (κ1) is 25.8. The fourth-order valence-electron chi connectivity index (χ4n) is 3.24. The first-order chi connectivity index (χ1) is 16.8. The normalized spacial score (nSPS) is 11.0. The molecule has 0 saturated heterocycles. The minimum atomic E-state index is -4.84. The number of aryl methyl sites for hydroxylation is 2. The first-order valence-corrected chi connectivity index (χ1v) is 10.1. The van der Waals surface area contributed by atoms with Crippen molar-refractivity contribution < 1.29 is 32.6 Å². The molecule has 0 spiro atoms. The van der Waals surface area contributed by atoms with Crippen molar-refractivity contribution in [2.24, 2.45) is 0 Å². The Morgan fingerprint density at radius 2 is 1.11 bits per heavy atom. The number of carbonyl (C=O) groups is 2. The van der Waals surface area contributed by atoms with Gasteiger partial charge in [-0.1, -0.05) is 12.1 Å². The van der Waals surface area contributed by atoms with E-state index in [0.29, 0.717) is 12.1 Å². The maximum Gasteiger partial charge on any atom is 0.416 e. The average Bonchev–Trinajstić information content (AvgIpc) is 2.78. The van der Waals surface area contributed by atoms with E-state index in [9.17, 15) is 43.0 Å². The van der Waals surface area contributed by atoms with Crippen LogP contribution in [0.2, 0.25) is 0 Å². The van der Waals surface area contributed by atoms with E-state index in [1.54, 1.807) is 0 Å². The van der Waals surface area contributed by atoms with Crippen molar-refractivity contribution in [3.63, 3.8) is 0 Å². The Morgan fingerprint density at radius 3 is 1.44 bits per heavy atom. The highest BCUT2D eigenvalue weighted by atomic mass is 19.4. The van der Waals surface area contributed by atoms with Gasteiger partial charge in [0.1, 0.15) is 0 Å². The molecule has 0 fully saturated rings. The van der Waals surface area contributed by atoms with E-state index in [-0.39, 0.29) is 45.0 Å². The second-order valence-electron chi connectivity index (χ2n) is 7.72. The Bertz CT molecular complexity index is 1310. The highest BCUT2D eigenvalue weighted by Crippen LogP contribution is 2.34. The summed E-state index contributed by atoms with van der Waals surface area (Å²) >= 11 is 0. The van der Waals surface area contributed by atoms with E-state index in [1.807, 2.05) is 0 Å². The van der Waals surface area contributed by atoms with Crippen LogP contribution < -0.4 is 10.6 Å². The molecule has 0 radical (unpaired) electrons. The number of benzene rings is 3. The van der Waals surface area contributed by atoms with E-state index in [0.717, 1.165) is 18.2 Å². The molecule has 0 saturated carbocycles. The second kappa shape index (κ2) is 9.82. The minimum absolute atomic E-state index is 0.165. The molecule has 3 aromatic carbocycles. The third kappa shape index (κ3) is 5.81. The molecule has 13 heteroatoms. The number of hydrogen-bond acceptors (Lipinski definition) is 6. The van der Waals surface area contributed by atoms with Gasteiger partial charge in [-0.2, -0.15) is 13.2 Å². The molecule has 3 rings (SSSR count). The van der Waals surface area contributed by atoms with Gasteiger partial charge in [0, 0.05) is 45.8 Å². The molecule has 0 aromatic heterocycles. The highest BCUT2D eigenvalue weighted by Gasteiger charge is 2.32. The molecule has 36 heavy (non-hydrogen) atoms. The number of nitro groups is 2. The van der Waals surface area contributed by atoms with Gasteiger partial charge in [0.25, 0.3) is 23.2 Å². The van der Waals surface area contributed by atoms with Crippen molar-refractivity contribution in [2.75, 3.05) is 10.6 Å². The summed E-state index contributed by atoms with van der Waals surface area (Å²) in [7, 11) is 0. The van der Waals surface area contributed by atoms with Crippen molar-refractivity contribution in [3.8, 4) is 0 Å². The fourth-order valence-corrected chi connectivity index (χ4v) is 3.24. The monoisotopic (exact) mass is 502 g/mol. The van der Waals surface area contributed by atoms with E-state index in [4.69, 9.17) is 0 Å². The highest BCUT2D eigenvalue weighted by molar-refractivity contribution is 6.07. The maximum atomic E-state index is 13.5. The number of nitrogens with one attached hydrogen (secondary N) is 2. The summed E-state index contributed by atoms with van der Waals surface area (Å²) in [5.74, 6) is -1.83. The molecule has 0 unspecified atom stereocenters. The summed E-state index contributed by atoms with van der Waals surface area (Å²) in [6.07, 6.45) is -4.84. The molecule has 2 amide bonds. The zero-order valence-corrected chi connectivity index (χ0v) is 18.7. The van der Waals surface area contributed by atoms with Crippen LogP contribution in [0.15, 0.2) is 54.6 Å². The smallest absolute Gasteiger partial charge is 0.322 e. The van der Waals surface area contributed by atoms with Gasteiger partial charge in [0.05, 0.1) is 15.4 Å². The van der Waals surface area contributed by atoms with Crippen LogP contribution in [0.4, 0.5) is 35.9 Å². The summed E-state index contributed by atoms with van der Waals surface area (Å²) in [6.45, 7) is 2.93. The van der Waals surface area contributed by atoms with Gasteiger partial charge in [-0.15, -0.1) is 0 Å². The lowest BCUT2D eigenvalue weighted by atomic mass is 10.1. The Labute approximate surface area is 201 Å². The van der Waals surface area contributed by atoms with Crippen molar-refractivity contribution >= 4 is 34.6 Å². The molecule has 0 aliphatic heterocycles. The Balaban J connectivity index is 1.93. The number of nitrogens with zero attached hydrogens (tertiary/aromatic N) is 2. The summed E-state index contributed by atoms with van der Waals surface area (Å²) in [5, 5.41) is 26.7. The largest absolute Gasteiger partial charge is 0.416 e. The van der Waals surface area contributed by atoms with E-state index in [1.165, 1.54) is 38.1 Å². The summed E-state index contributed by atoms with van der Waals surface area (Å²) in [6, 6.07) is 9.50. The van der Waals surface area contributed by atoms with E-state index >= 15 is 0 Å². The quantitative estimate of drug-likeness (QED) is 0.329. The minimum Gasteiger partial charge on any atom is -0.322 e. The first-order valence-electron chi connectivity index (χ1n) is 10.1. The number of carbonyl (C=O) groups excluding carboxylic acids is 2. The van der Waals surface area contributed by atoms with Crippen LogP contribution in [0.3, 0.4) is 0 Å². The summed E-state index contributed by atoms with van der Waals surface area (Å²) < 4.78 is 40.4. The van der Waals surface area contributed by atoms with Crippen molar-refractivity contribution in [2.45, 2.75) is 20.0 Å². The van der Waals surface area contributed by atoms with Crippen LogP contribution >= 0.6 is 0 Å². The molecule has 0 aliphatic rings. The number of hydrogen-bond donors (Lipinski definition) is 2. The number of halogens is 3.